The highest BCUT2D eigenvalue weighted by molar-refractivity contribution is 9.10. The number of aromatic nitrogens is 2. The fourth-order valence-corrected chi connectivity index (χ4v) is 1.82. The fourth-order valence-electron chi connectivity index (χ4n) is 1.51. The van der Waals surface area contributed by atoms with E-state index >= 15 is 0 Å². The SMILES string of the molecule is CN(Cc1ncc[nH]1)C(=O)CNC(=O)c1ccc(Br)o1. The van der Waals surface area contributed by atoms with Crippen molar-refractivity contribution in [2.45, 2.75) is 6.54 Å². The van der Waals surface area contributed by atoms with Crippen LogP contribution in [-0.2, 0) is 11.3 Å². The number of likely N-dealkylation sites (N-methyl/N-ethyl adjacent to an activating group) is 1. The van der Waals surface area contributed by atoms with E-state index in [-0.39, 0.29) is 18.2 Å². The van der Waals surface area contributed by atoms with Crippen molar-refractivity contribution >= 4 is 27.7 Å². The number of furan rings is 1. The summed E-state index contributed by atoms with van der Waals surface area (Å²) in [5.74, 6) is 0.177. The topological polar surface area (TPSA) is 91.2 Å². The van der Waals surface area contributed by atoms with Crippen LogP contribution in [0.3, 0.4) is 0 Å². The first kappa shape index (κ1) is 14.3. The molecule has 0 fully saturated rings. The second-order valence-electron chi connectivity index (χ2n) is 4.07. The van der Waals surface area contributed by atoms with Crippen molar-refractivity contribution in [1.82, 2.24) is 20.2 Å². The van der Waals surface area contributed by atoms with Crippen LogP contribution in [0.25, 0.3) is 0 Å². The molecule has 0 aliphatic rings. The lowest BCUT2D eigenvalue weighted by atomic mass is 10.4. The van der Waals surface area contributed by atoms with Crippen LogP contribution in [0, 0.1) is 0 Å². The monoisotopic (exact) mass is 340 g/mol. The highest BCUT2D eigenvalue weighted by atomic mass is 79.9. The van der Waals surface area contributed by atoms with Gasteiger partial charge >= 0.3 is 0 Å². The number of rotatable bonds is 5. The average Bonchev–Trinajstić information content (AvgIpc) is 3.07. The van der Waals surface area contributed by atoms with E-state index in [2.05, 4.69) is 31.2 Å². The Hall–Kier alpha value is -2.09. The van der Waals surface area contributed by atoms with Gasteiger partial charge in [0.2, 0.25) is 5.91 Å². The molecule has 0 aromatic carbocycles. The molecule has 2 aromatic rings. The summed E-state index contributed by atoms with van der Waals surface area (Å²) in [6.45, 7) is 0.252. The number of carbonyl (C=O) groups is 2. The second kappa shape index (κ2) is 6.38. The molecule has 0 unspecified atom stereocenters. The summed E-state index contributed by atoms with van der Waals surface area (Å²) < 4.78 is 5.55. The van der Waals surface area contributed by atoms with Gasteiger partial charge in [0.1, 0.15) is 5.82 Å². The Morgan fingerprint density at radius 2 is 2.30 bits per heavy atom. The van der Waals surface area contributed by atoms with Gasteiger partial charge in [-0.15, -0.1) is 0 Å². The Bertz CT molecular complexity index is 594. The Morgan fingerprint density at radius 1 is 1.50 bits per heavy atom. The molecule has 2 N–H and O–H groups in total. The molecule has 0 atom stereocenters. The van der Waals surface area contributed by atoms with Crippen LogP contribution in [0.2, 0.25) is 0 Å². The lowest BCUT2D eigenvalue weighted by Crippen LogP contribution is -2.37. The lowest BCUT2D eigenvalue weighted by Gasteiger charge is -2.15. The second-order valence-corrected chi connectivity index (χ2v) is 4.85. The van der Waals surface area contributed by atoms with Crippen LogP contribution in [0.4, 0.5) is 0 Å². The summed E-state index contributed by atoms with van der Waals surface area (Å²) in [4.78, 5) is 31.9. The number of amides is 2. The number of carbonyl (C=O) groups excluding carboxylic acids is 2. The quantitative estimate of drug-likeness (QED) is 0.854. The molecule has 20 heavy (non-hydrogen) atoms. The number of nitrogens with one attached hydrogen (secondary N) is 2. The molecule has 7 nitrogen and oxygen atoms in total. The van der Waals surface area contributed by atoms with Crippen molar-refractivity contribution in [3.63, 3.8) is 0 Å². The van der Waals surface area contributed by atoms with Crippen LogP contribution in [0.15, 0.2) is 33.6 Å². The van der Waals surface area contributed by atoms with E-state index in [4.69, 9.17) is 4.42 Å². The van der Waals surface area contributed by atoms with Gasteiger partial charge in [-0.3, -0.25) is 9.59 Å². The van der Waals surface area contributed by atoms with Gasteiger partial charge in [0.15, 0.2) is 10.4 Å². The highest BCUT2D eigenvalue weighted by Gasteiger charge is 2.14. The molecule has 106 valence electrons. The Kier molecular flexibility index (Phi) is 4.57. The van der Waals surface area contributed by atoms with E-state index < -0.39 is 5.91 Å². The van der Waals surface area contributed by atoms with Crippen molar-refractivity contribution in [1.29, 1.82) is 0 Å². The van der Waals surface area contributed by atoms with Gasteiger partial charge in [0, 0.05) is 19.4 Å². The van der Waals surface area contributed by atoms with Gasteiger partial charge in [0.05, 0.1) is 13.1 Å². The van der Waals surface area contributed by atoms with Crippen LogP contribution < -0.4 is 5.32 Å². The summed E-state index contributed by atoms with van der Waals surface area (Å²) in [5.41, 5.74) is 0. The van der Waals surface area contributed by atoms with E-state index in [1.54, 1.807) is 25.5 Å². The van der Waals surface area contributed by atoms with Crippen molar-refractivity contribution in [2.24, 2.45) is 0 Å². The van der Waals surface area contributed by atoms with E-state index in [0.717, 1.165) is 0 Å². The minimum absolute atomic E-state index is 0.103. The van der Waals surface area contributed by atoms with E-state index in [0.29, 0.717) is 17.0 Å². The minimum Gasteiger partial charge on any atom is -0.444 e. The van der Waals surface area contributed by atoms with E-state index in [1.165, 1.54) is 11.0 Å². The van der Waals surface area contributed by atoms with Crippen LogP contribution in [0.1, 0.15) is 16.4 Å². The molecule has 2 rings (SSSR count). The Balaban J connectivity index is 1.81. The predicted molar refractivity (Wildman–Crippen MR) is 73.8 cm³/mol. The molecule has 0 spiro atoms. The van der Waals surface area contributed by atoms with Gasteiger partial charge in [-0.1, -0.05) is 0 Å². The maximum atomic E-state index is 11.8. The number of hydrogen-bond acceptors (Lipinski definition) is 4. The fraction of sp³-hybridized carbons (Fsp3) is 0.250. The van der Waals surface area contributed by atoms with Gasteiger partial charge in [-0.2, -0.15) is 0 Å². The Morgan fingerprint density at radius 3 is 2.90 bits per heavy atom. The largest absolute Gasteiger partial charge is 0.444 e. The van der Waals surface area contributed by atoms with Crippen LogP contribution in [0.5, 0.6) is 0 Å². The molecule has 8 heteroatoms. The van der Waals surface area contributed by atoms with Crippen molar-refractivity contribution in [3.8, 4) is 0 Å². The molecule has 2 heterocycles. The summed E-state index contributed by atoms with van der Waals surface area (Å²) in [5, 5.41) is 2.50. The molecule has 0 bridgehead atoms. The smallest absolute Gasteiger partial charge is 0.287 e. The number of halogens is 1. The molecule has 0 saturated carbocycles. The third kappa shape index (κ3) is 3.70. The van der Waals surface area contributed by atoms with Crippen molar-refractivity contribution < 1.29 is 14.0 Å². The Labute approximate surface area is 123 Å². The molecule has 0 radical (unpaired) electrons. The number of hydrogen-bond donors (Lipinski definition) is 2. The number of nitrogens with zero attached hydrogens (tertiary/aromatic N) is 2. The first-order chi connectivity index (χ1) is 9.56. The summed E-state index contributed by atoms with van der Waals surface area (Å²) in [6, 6.07) is 3.14. The molecule has 2 aromatic heterocycles. The van der Waals surface area contributed by atoms with Gasteiger partial charge in [-0.25, -0.2) is 4.98 Å². The molecule has 2 amide bonds. The number of aromatic amines is 1. The molecule has 0 aliphatic heterocycles. The molecular weight excluding hydrogens is 328 g/mol. The summed E-state index contributed by atoms with van der Waals surface area (Å²) >= 11 is 3.10. The summed E-state index contributed by atoms with van der Waals surface area (Å²) in [6.07, 6.45) is 3.30. The zero-order chi connectivity index (χ0) is 14.5. The normalized spacial score (nSPS) is 10.3. The third-order valence-electron chi connectivity index (χ3n) is 2.56. The van der Waals surface area contributed by atoms with Crippen LogP contribution >= 0.6 is 15.9 Å². The molecule has 0 saturated heterocycles. The van der Waals surface area contributed by atoms with Gasteiger partial charge in [-0.05, 0) is 28.1 Å². The minimum atomic E-state index is -0.435. The summed E-state index contributed by atoms with van der Waals surface area (Å²) in [7, 11) is 1.64. The standard InChI is InChI=1S/C12H13BrN4O3/c1-17(7-10-14-4-5-15-10)11(18)6-16-12(19)8-2-3-9(13)20-8/h2-5H,6-7H2,1H3,(H,14,15)(H,16,19). The lowest BCUT2D eigenvalue weighted by molar-refractivity contribution is -0.129. The van der Waals surface area contributed by atoms with Crippen molar-refractivity contribution in [3.05, 3.63) is 40.8 Å². The zero-order valence-electron chi connectivity index (χ0n) is 10.7. The number of H-pyrrole nitrogens is 1. The van der Waals surface area contributed by atoms with E-state index in [1.807, 2.05) is 0 Å². The predicted octanol–water partition coefficient (Wildman–Crippen LogP) is 1.15. The maximum absolute atomic E-state index is 11.8. The zero-order valence-corrected chi connectivity index (χ0v) is 12.3. The van der Waals surface area contributed by atoms with Gasteiger partial charge in [0.25, 0.3) is 5.91 Å². The average molecular weight is 341 g/mol. The first-order valence-corrected chi connectivity index (χ1v) is 6.61. The molecule has 0 aliphatic carbocycles. The highest BCUT2D eigenvalue weighted by Crippen LogP contribution is 2.13. The third-order valence-corrected chi connectivity index (χ3v) is 2.99. The van der Waals surface area contributed by atoms with Gasteiger partial charge < -0.3 is 19.6 Å². The maximum Gasteiger partial charge on any atom is 0.287 e. The van der Waals surface area contributed by atoms with Crippen molar-refractivity contribution in [2.75, 3.05) is 13.6 Å². The number of imidazole rings is 1. The first-order valence-electron chi connectivity index (χ1n) is 5.82. The molecular formula is C12H13BrN4O3. The van der Waals surface area contributed by atoms with Crippen LogP contribution in [-0.4, -0.2) is 40.3 Å². The van der Waals surface area contributed by atoms with E-state index in [9.17, 15) is 9.59 Å².